The second kappa shape index (κ2) is 11.0. The van der Waals surface area contributed by atoms with Gasteiger partial charge in [-0.05, 0) is 59.8 Å². The standard InChI is InChI=1S/C28H44NOP/c1-9-11-12-16-28(8,24-18-23(27(5,6)7)17-21(4)25(24)30)31-26-20(3)14-13-15-22(26)19-29-10-2/h13-15,17-18,29-31H,9-12,16,19H2,1-8H3. The summed E-state index contributed by atoms with van der Waals surface area (Å²) in [6.45, 7) is 19.7. The Hall–Kier alpha value is -1.37. The van der Waals surface area contributed by atoms with E-state index < -0.39 is 0 Å². The molecule has 0 aliphatic rings. The molecule has 0 spiro atoms. The van der Waals surface area contributed by atoms with Gasteiger partial charge in [0.15, 0.2) is 0 Å². The van der Waals surface area contributed by atoms with Crippen LogP contribution in [0.25, 0.3) is 0 Å². The number of nitrogens with one attached hydrogen (secondary N) is 1. The smallest absolute Gasteiger partial charge is 0.122 e. The molecule has 2 nitrogen and oxygen atoms in total. The van der Waals surface area contributed by atoms with Crippen LogP contribution in [-0.2, 0) is 17.1 Å². The van der Waals surface area contributed by atoms with Crippen molar-refractivity contribution in [3.05, 3.63) is 58.1 Å². The van der Waals surface area contributed by atoms with Gasteiger partial charge in [0.05, 0.1) is 0 Å². The number of hydrogen-bond acceptors (Lipinski definition) is 2. The summed E-state index contributed by atoms with van der Waals surface area (Å²) >= 11 is 0. The Kier molecular flexibility index (Phi) is 9.16. The average Bonchev–Trinajstić information content (AvgIpc) is 2.69. The summed E-state index contributed by atoms with van der Waals surface area (Å²) in [7, 11) is 0.619. The molecule has 0 fully saturated rings. The highest BCUT2D eigenvalue weighted by molar-refractivity contribution is 7.48. The maximum atomic E-state index is 11.2. The first kappa shape index (κ1) is 25.9. The lowest BCUT2D eigenvalue weighted by Crippen LogP contribution is -2.25. The molecule has 0 amide bonds. The van der Waals surface area contributed by atoms with E-state index >= 15 is 0 Å². The molecule has 2 aromatic carbocycles. The van der Waals surface area contributed by atoms with Crippen molar-refractivity contribution in [3.63, 3.8) is 0 Å². The van der Waals surface area contributed by atoms with Gasteiger partial charge < -0.3 is 10.4 Å². The van der Waals surface area contributed by atoms with Gasteiger partial charge in [-0.25, -0.2) is 0 Å². The van der Waals surface area contributed by atoms with Crippen LogP contribution in [0, 0.1) is 13.8 Å². The van der Waals surface area contributed by atoms with Crippen molar-refractivity contribution in [2.75, 3.05) is 6.54 Å². The summed E-state index contributed by atoms with van der Waals surface area (Å²) < 4.78 is 0. The minimum atomic E-state index is -0.0850. The highest BCUT2D eigenvalue weighted by Gasteiger charge is 2.33. The van der Waals surface area contributed by atoms with Crippen LogP contribution in [-0.4, -0.2) is 11.7 Å². The number of benzene rings is 2. The van der Waals surface area contributed by atoms with Crippen LogP contribution >= 0.6 is 8.58 Å². The topological polar surface area (TPSA) is 32.3 Å². The fourth-order valence-corrected chi connectivity index (χ4v) is 6.01. The Morgan fingerprint density at radius 1 is 0.968 bits per heavy atom. The molecule has 2 N–H and O–H groups in total. The van der Waals surface area contributed by atoms with Gasteiger partial charge in [0.25, 0.3) is 0 Å². The SMILES string of the molecule is CCCCCC(C)(Pc1c(C)cccc1CNCC)c1cc(C(C)(C)C)cc(C)c1O. The lowest BCUT2D eigenvalue weighted by atomic mass is 9.82. The number of phenolic OH excluding ortho intramolecular Hbond substituents is 1. The highest BCUT2D eigenvalue weighted by Crippen LogP contribution is 2.50. The van der Waals surface area contributed by atoms with E-state index in [1.807, 2.05) is 6.92 Å². The Morgan fingerprint density at radius 3 is 2.29 bits per heavy atom. The molecule has 0 saturated carbocycles. The van der Waals surface area contributed by atoms with Crippen molar-refractivity contribution >= 4 is 13.9 Å². The van der Waals surface area contributed by atoms with E-state index in [0.717, 1.165) is 30.6 Å². The predicted molar refractivity (Wildman–Crippen MR) is 140 cm³/mol. The molecular weight excluding hydrogens is 397 g/mol. The third-order valence-corrected chi connectivity index (χ3v) is 8.40. The van der Waals surface area contributed by atoms with Gasteiger partial charge in [0.1, 0.15) is 5.75 Å². The zero-order chi connectivity index (χ0) is 23.2. The minimum Gasteiger partial charge on any atom is -0.507 e. The van der Waals surface area contributed by atoms with Crippen molar-refractivity contribution in [1.82, 2.24) is 5.32 Å². The molecule has 0 aliphatic heterocycles. The second-order valence-electron chi connectivity index (χ2n) is 10.2. The molecule has 31 heavy (non-hydrogen) atoms. The van der Waals surface area contributed by atoms with Crippen LogP contribution < -0.4 is 10.6 Å². The van der Waals surface area contributed by atoms with Gasteiger partial charge in [-0.1, -0.05) is 99.7 Å². The molecule has 0 radical (unpaired) electrons. The van der Waals surface area contributed by atoms with Crippen molar-refractivity contribution in [3.8, 4) is 5.75 Å². The maximum Gasteiger partial charge on any atom is 0.122 e. The average molecular weight is 442 g/mol. The lowest BCUT2D eigenvalue weighted by molar-refractivity contribution is 0.444. The quantitative estimate of drug-likeness (QED) is 0.301. The van der Waals surface area contributed by atoms with E-state index in [0.29, 0.717) is 14.3 Å². The number of phenols is 1. The van der Waals surface area contributed by atoms with Crippen LogP contribution in [0.2, 0.25) is 0 Å². The predicted octanol–water partition coefficient (Wildman–Crippen LogP) is 7.22. The molecular formula is C28H44NOP. The minimum absolute atomic E-state index is 0.0551. The summed E-state index contributed by atoms with van der Waals surface area (Å²) in [6.07, 6.45) is 4.72. The summed E-state index contributed by atoms with van der Waals surface area (Å²) in [6, 6.07) is 11.1. The monoisotopic (exact) mass is 441 g/mol. The first-order valence-corrected chi connectivity index (χ1v) is 13.0. The van der Waals surface area contributed by atoms with Gasteiger partial charge in [0, 0.05) is 17.3 Å². The molecule has 0 aliphatic carbocycles. The third kappa shape index (κ3) is 6.56. The van der Waals surface area contributed by atoms with Crippen LogP contribution in [0.1, 0.15) is 95.0 Å². The molecule has 2 unspecified atom stereocenters. The molecule has 2 rings (SSSR count). The Labute approximate surface area is 193 Å². The lowest BCUT2D eigenvalue weighted by Gasteiger charge is -2.35. The number of unbranched alkanes of at least 4 members (excludes halogenated alkanes) is 2. The zero-order valence-corrected chi connectivity index (χ0v) is 22.1. The Balaban J connectivity index is 2.61. The molecule has 172 valence electrons. The van der Waals surface area contributed by atoms with Crippen LogP contribution in [0.3, 0.4) is 0 Å². The summed E-state index contributed by atoms with van der Waals surface area (Å²) in [5.41, 5.74) is 6.24. The van der Waals surface area contributed by atoms with E-state index in [-0.39, 0.29) is 10.6 Å². The van der Waals surface area contributed by atoms with Crippen molar-refractivity contribution in [2.45, 2.75) is 98.2 Å². The summed E-state index contributed by atoms with van der Waals surface area (Å²) in [4.78, 5) is 0. The summed E-state index contributed by atoms with van der Waals surface area (Å²) in [5, 5.41) is 16.1. The van der Waals surface area contributed by atoms with Gasteiger partial charge in [-0.15, -0.1) is 0 Å². The Bertz CT molecular complexity index is 868. The van der Waals surface area contributed by atoms with E-state index in [1.165, 1.54) is 41.3 Å². The van der Waals surface area contributed by atoms with Crippen molar-refractivity contribution < 1.29 is 5.11 Å². The molecule has 0 heterocycles. The second-order valence-corrected chi connectivity index (χ2v) is 12.1. The summed E-state index contributed by atoms with van der Waals surface area (Å²) in [5.74, 6) is 0.487. The number of aromatic hydroxyl groups is 1. The van der Waals surface area contributed by atoms with E-state index in [2.05, 4.69) is 84.1 Å². The number of rotatable bonds is 10. The number of aryl methyl sites for hydroxylation is 2. The highest BCUT2D eigenvalue weighted by atomic mass is 31.1. The molecule has 3 heteroatoms. The molecule has 2 atom stereocenters. The van der Waals surface area contributed by atoms with Gasteiger partial charge >= 0.3 is 0 Å². The van der Waals surface area contributed by atoms with Gasteiger partial charge in [-0.2, -0.15) is 0 Å². The van der Waals surface area contributed by atoms with E-state index in [9.17, 15) is 5.11 Å². The van der Waals surface area contributed by atoms with Crippen molar-refractivity contribution in [1.29, 1.82) is 0 Å². The normalized spacial score (nSPS) is 14.3. The van der Waals surface area contributed by atoms with E-state index in [4.69, 9.17) is 0 Å². The van der Waals surface area contributed by atoms with Crippen LogP contribution in [0.4, 0.5) is 0 Å². The largest absolute Gasteiger partial charge is 0.507 e. The first-order chi connectivity index (χ1) is 14.5. The third-order valence-electron chi connectivity index (χ3n) is 6.37. The molecule has 0 aromatic heterocycles. The van der Waals surface area contributed by atoms with Crippen molar-refractivity contribution in [2.24, 2.45) is 0 Å². The van der Waals surface area contributed by atoms with Gasteiger partial charge in [-0.3, -0.25) is 0 Å². The van der Waals surface area contributed by atoms with Crippen LogP contribution in [0.5, 0.6) is 5.75 Å². The van der Waals surface area contributed by atoms with E-state index in [1.54, 1.807) is 0 Å². The molecule has 0 saturated heterocycles. The Morgan fingerprint density at radius 2 is 1.68 bits per heavy atom. The fraction of sp³-hybridized carbons (Fsp3) is 0.571. The zero-order valence-electron chi connectivity index (χ0n) is 21.1. The molecule has 0 bridgehead atoms. The van der Waals surface area contributed by atoms with Gasteiger partial charge in [0.2, 0.25) is 0 Å². The number of hydrogen-bond donors (Lipinski definition) is 2. The fourth-order valence-electron chi connectivity index (χ4n) is 4.22. The maximum absolute atomic E-state index is 11.2. The first-order valence-electron chi connectivity index (χ1n) is 12.0. The molecule has 2 aromatic rings. The van der Waals surface area contributed by atoms with Crippen LogP contribution in [0.15, 0.2) is 30.3 Å².